The molecule has 9 nitrogen and oxygen atoms in total. The first-order chi connectivity index (χ1) is 17.2. The van der Waals surface area contributed by atoms with Crippen molar-refractivity contribution in [2.75, 3.05) is 20.3 Å². The molecule has 0 fully saturated rings. The molecule has 1 aliphatic heterocycles. The molecule has 0 unspecified atom stereocenters. The molecule has 1 aromatic carbocycles. The number of esters is 2. The Labute approximate surface area is 213 Å². The summed E-state index contributed by atoms with van der Waals surface area (Å²) >= 11 is 0. The van der Waals surface area contributed by atoms with Crippen LogP contribution in [0.5, 0.6) is 11.5 Å². The molecule has 36 heavy (non-hydrogen) atoms. The lowest BCUT2D eigenvalue weighted by Crippen LogP contribution is -2.27. The topological polar surface area (TPSA) is 140 Å². The number of dihydropyridines is 1. The molecule has 0 saturated carbocycles. The first kappa shape index (κ1) is 29.0. The maximum atomic E-state index is 11.9. The number of hydrogen-bond donors (Lipinski definition) is 4. The number of carbonyl (C=O) groups is 2. The summed E-state index contributed by atoms with van der Waals surface area (Å²) in [5.41, 5.74) is 8.53. The normalized spacial score (nSPS) is 15.6. The number of rotatable bonds is 14. The zero-order valence-corrected chi connectivity index (χ0v) is 21.7. The number of ether oxygens (including phenoxy) is 3. The number of allylic oxidation sites excluding steroid dienone is 2. The van der Waals surface area contributed by atoms with Crippen LogP contribution in [0.4, 0.5) is 0 Å². The number of methoxy groups -OCH3 is 1. The van der Waals surface area contributed by atoms with Crippen LogP contribution in [0.25, 0.3) is 5.57 Å². The van der Waals surface area contributed by atoms with Crippen molar-refractivity contribution >= 4 is 17.5 Å². The Morgan fingerprint density at radius 3 is 2.33 bits per heavy atom. The number of carbonyl (C=O) groups excluding carboxylic acids is 2. The van der Waals surface area contributed by atoms with Crippen molar-refractivity contribution in [3.63, 3.8) is 0 Å². The fourth-order valence-electron chi connectivity index (χ4n) is 4.37. The van der Waals surface area contributed by atoms with E-state index in [-0.39, 0.29) is 18.3 Å². The second-order valence-corrected chi connectivity index (χ2v) is 9.09. The number of aromatic hydroxyl groups is 1. The average molecular weight is 505 g/mol. The third-order valence-corrected chi connectivity index (χ3v) is 6.31. The lowest BCUT2D eigenvalue weighted by atomic mass is 9.92. The van der Waals surface area contributed by atoms with E-state index >= 15 is 0 Å². The largest absolute Gasteiger partial charge is 0.504 e. The van der Waals surface area contributed by atoms with E-state index in [1.54, 1.807) is 18.2 Å². The Bertz CT molecular complexity index is 954. The van der Waals surface area contributed by atoms with Crippen molar-refractivity contribution in [2.24, 2.45) is 11.7 Å². The summed E-state index contributed by atoms with van der Waals surface area (Å²) in [5.74, 6) is 0.209. The molecule has 200 valence electrons. The van der Waals surface area contributed by atoms with Crippen LogP contribution in [0.3, 0.4) is 0 Å². The second-order valence-electron chi connectivity index (χ2n) is 9.09. The molecule has 9 heteroatoms. The molecule has 1 heterocycles. The van der Waals surface area contributed by atoms with E-state index in [4.69, 9.17) is 19.9 Å². The van der Waals surface area contributed by atoms with Crippen molar-refractivity contribution < 1.29 is 34.0 Å². The van der Waals surface area contributed by atoms with Crippen LogP contribution in [0, 0.1) is 5.92 Å². The van der Waals surface area contributed by atoms with Crippen molar-refractivity contribution in [2.45, 2.75) is 71.5 Å². The highest BCUT2D eigenvalue weighted by molar-refractivity contribution is 5.79. The van der Waals surface area contributed by atoms with E-state index in [9.17, 15) is 19.8 Å². The van der Waals surface area contributed by atoms with E-state index in [2.05, 4.69) is 5.32 Å². The Hall–Kier alpha value is -3.20. The Morgan fingerprint density at radius 2 is 1.78 bits per heavy atom. The van der Waals surface area contributed by atoms with E-state index in [1.807, 2.05) is 13.0 Å². The van der Waals surface area contributed by atoms with Crippen molar-refractivity contribution in [1.82, 2.24) is 5.32 Å². The van der Waals surface area contributed by atoms with E-state index in [0.29, 0.717) is 50.2 Å². The standard InChI is InChI=1S/C27H40N2O7/c1-5-19(16-30)6-8-22(35-17(2)31)14-23(36-18(3)32)9-7-20-12-26(34-4)25(33)15-24(20)21-10-11-29-27(28)13-21/h10,12-13,15,19,22-23,29-30,33H,5-9,11,14,16,28H2,1-4H3/t19-,22-,23+/m0/s1. The van der Waals surface area contributed by atoms with E-state index in [1.165, 1.54) is 21.0 Å². The van der Waals surface area contributed by atoms with Crippen LogP contribution in [0.15, 0.2) is 30.1 Å². The zero-order chi connectivity index (χ0) is 26.7. The smallest absolute Gasteiger partial charge is 0.302 e. The predicted molar refractivity (Wildman–Crippen MR) is 137 cm³/mol. The fourth-order valence-corrected chi connectivity index (χ4v) is 4.37. The summed E-state index contributed by atoms with van der Waals surface area (Å²) < 4.78 is 16.5. The van der Waals surface area contributed by atoms with Crippen LogP contribution in [-0.4, -0.2) is 54.6 Å². The van der Waals surface area contributed by atoms with Gasteiger partial charge in [-0.05, 0) is 66.5 Å². The third kappa shape index (κ3) is 9.11. The minimum absolute atomic E-state index is 0.0171. The molecule has 0 aromatic heterocycles. The number of hydrogen-bond acceptors (Lipinski definition) is 9. The summed E-state index contributed by atoms with van der Waals surface area (Å²) in [7, 11) is 1.49. The zero-order valence-electron chi connectivity index (χ0n) is 21.7. The van der Waals surface area contributed by atoms with Crippen LogP contribution < -0.4 is 15.8 Å². The lowest BCUT2D eigenvalue weighted by molar-refractivity contribution is -0.153. The highest BCUT2D eigenvalue weighted by Crippen LogP contribution is 2.35. The van der Waals surface area contributed by atoms with Crippen molar-refractivity contribution in [3.05, 3.63) is 41.2 Å². The van der Waals surface area contributed by atoms with Gasteiger partial charge in [0.2, 0.25) is 0 Å². The van der Waals surface area contributed by atoms with Gasteiger partial charge in [-0.15, -0.1) is 0 Å². The first-order valence-corrected chi connectivity index (χ1v) is 12.4. The molecule has 5 N–H and O–H groups in total. The fraction of sp³-hybridized carbons (Fsp3) is 0.556. The van der Waals surface area contributed by atoms with Gasteiger partial charge in [0, 0.05) is 33.4 Å². The summed E-state index contributed by atoms with van der Waals surface area (Å²) in [6.45, 7) is 5.36. The Kier molecular flexibility index (Phi) is 11.6. The van der Waals surface area contributed by atoms with E-state index in [0.717, 1.165) is 23.1 Å². The van der Waals surface area contributed by atoms with Crippen LogP contribution in [0.1, 0.15) is 64.0 Å². The van der Waals surface area contributed by atoms with Gasteiger partial charge in [-0.2, -0.15) is 0 Å². The number of aliphatic hydroxyl groups is 1. The molecule has 1 aliphatic rings. The highest BCUT2D eigenvalue weighted by Gasteiger charge is 2.24. The average Bonchev–Trinajstić information content (AvgIpc) is 2.82. The number of benzene rings is 1. The predicted octanol–water partition coefficient (Wildman–Crippen LogP) is 3.17. The molecule has 0 radical (unpaired) electrons. The van der Waals surface area contributed by atoms with Crippen molar-refractivity contribution in [3.8, 4) is 11.5 Å². The molecule has 3 atom stereocenters. The number of nitrogens with two attached hydrogens (primary N) is 1. The molecular formula is C27H40N2O7. The SMILES string of the molecule is CC[C@H](CO)CC[C@@H](C[C@@H](CCc1cc(OC)c(O)cc1C1=CCNC(N)=C1)OC(C)=O)OC(C)=O. The van der Waals surface area contributed by atoms with Gasteiger partial charge in [0.25, 0.3) is 0 Å². The quantitative estimate of drug-likeness (QED) is 0.281. The number of phenolic OH excluding ortho intramolecular Hbond substituents is 1. The molecule has 0 aliphatic carbocycles. The van der Waals surface area contributed by atoms with Crippen LogP contribution in [0.2, 0.25) is 0 Å². The molecule has 0 amide bonds. The Balaban J connectivity index is 2.25. The molecule has 0 spiro atoms. The summed E-state index contributed by atoms with van der Waals surface area (Å²) in [4.78, 5) is 23.6. The molecule has 2 rings (SSSR count). The monoisotopic (exact) mass is 504 g/mol. The Morgan fingerprint density at radius 1 is 1.11 bits per heavy atom. The van der Waals surface area contributed by atoms with Gasteiger partial charge in [-0.25, -0.2) is 0 Å². The third-order valence-electron chi connectivity index (χ3n) is 6.31. The summed E-state index contributed by atoms with van der Waals surface area (Å²) in [5, 5.41) is 23.0. The minimum Gasteiger partial charge on any atom is -0.504 e. The first-order valence-electron chi connectivity index (χ1n) is 12.4. The van der Waals surface area contributed by atoms with Gasteiger partial charge >= 0.3 is 11.9 Å². The van der Waals surface area contributed by atoms with Crippen LogP contribution in [-0.2, 0) is 25.5 Å². The minimum atomic E-state index is -0.490. The van der Waals surface area contributed by atoms with Crippen molar-refractivity contribution in [1.29, 1.82) is 0 Å². The molecule has 1 aromatic rings. The molecule has 0 bridgehead atoms. The molecular weight excluding hydrogens is 464 g/mol. The van der Waals surface area contributed by atoms with Gasteiger partial charge < -0.3 is 35.5 Å². The maximum Gasteiger partial charge on any atom is 0.302 e. The number of aryl methyl sites for hydroxylation is 1. The molecule has 0 saturated heterocycles. The summed E-state index contributed by atoms with van der Waals surface area (Å²) in [6, 6.07) is 3.43. The summed E-state index contributed by atoms with van der Waals surface area (Å²) in [6.07, 6.45) is 6.30. The van der Waals surface area contributed by atoms with Gasteiger partial charge in [-0.3, -0.25) is 9.59 Å². The number of aliphatic hydroxyl groups excluding tert-OH is 1. The van der Waals surface area contributed by atoms with Crippen LogP contribution >= 0.6 is 0 Å². The lowest BCUT2D eigenvalue weighted by Gasteiger charge is -2.25. The second kappa shape index (κ2) is 14.4. The highest BCUT2D eigenvalue weighted by atomic mass is 16.6. The number of nitrogens with one attached hydrogen (secondary N) is 1. The maximum absolute atomic E-state index is 11.9. The van der Waals surface area contributed by atoms with Gasteiger partial charge in [-0.1, -0.05) is 19.4 Å². The number of phenols is 1. The van der Waals surface area contributed by atoms with Gasteiger partial charge in [0.1, 0.15) is 12.2 Å². The van der Waals surface area contributed by atoms with Gasteiger partial charge in [0.15, 0.2) is 11.5 Å². The van der Waals surface area contributed by atoms with E-state index < -0.39 is 24.1 Å². The van der Waals surface area contributed by atoms with Gasteiger partial charge in [0.05, 0.1) is 12.9 Å².